The van der Waals surface area contributed by atoms with Crippen LogP contribution in [0.1, 0.15) is 12.8 Å². The Hall–Kier alpha value is -0.180. The largest absolute Gasteiger partial charge is 0.303 e. The van der Waals surface area contributed by atoms with Crippen LogP contribution in [0.15, 0.2) is 0 Å². The standard InChI is InChI=1S/C4H5BrO2/c5-4(7)2-1-3-6/h3H,1-2H2. The van der Waals surface area contributed by atoms with Gasteiger partial charge in [-0.15, -0.1) is 0 Å². The molecule has 0 N–H and O–H groups in total. The smallest absolute Gasteiger partial charge is 0.198 e. The molecule has 2 nitrogen and oxygen atoms in total. The maximum absolute atomic E-state index is 9.96. The molecule has 0 aromatic carbocycles. The van der Waals surface area contributed by atoms with Crippen molar-refractivity contribution in [1.82, 2.24) is 0 Å². The van der Waals surface area contributed by atoms with Crippen LogP contribution < -0.4 is 0 Å². The topological polar surface area (TPSA) is 34.1 Å². The van der Waals surface area contributed by atoms with Gasteiger partial charge in [0.1, 0.15) is 6.29 Å². The minimum atomic E-state index is -0.111. The van der Waals surface area contributed by atoms with Crippen molar-refractivity contribution in [3.63, 3.8) is 0 Å². The molecule has 0 radical (unpaired) electrons. The highest BCUT2D eigenvalue weighted by Gasteiger charge is 1.90. The molecule has 0 spiro atoms. The third-order valence-corrected chi connectivity index (χ3v) is 0.855. The van der Waals surface area contributed by atoms with Gasteiger partial charge in [0.2, 0.25) is 0 Å². The van der Waals surface area contributed by atoms with E-state index in [0.29, 0.717) is 12.8 Å². The molecule has 40 valence electrons. The summed E-state index contributed by atoms with van der Waals surface area (Å²) in [5.74, 6) is 0. The van der Waals surface area contributed by atoms with Crippen LogP contribution in [0.3, 0.4) is 0 Å². The van der Waals surface area contributed by atoms with Gasteiger partial charge in [-0.1, -0.05) is 0 Å². The van der Waals surface area contributed by atoms with E-state index in [4.69, 9.17) is 0 Å². The van der Waals surface area contributed by atoms with E-state index in [1.165, 1.54) is 0 Å². The first-order valence-electron chi connectivity index (χ1n) is 1.89. The molecular weight excluding hydrogens is 160 g/mol. The van der Waals surface area contributed by atoms with Crippen LogP contribution in [-0.4, -0.2) is 11.0 Å². The molecule has 0 saturated heterocycles. The van der Waals surface area contributed by atoms with E-state index >= 15 is 0 Å². The van der Waals surface area contributed by atoms with E-state index in [9.17, 15) is 9.59 Å². The van der Waals surface area contributed by atoms with Crippen LogP contribution in [0.25, 0.3) is 0 Å². The highest BCUT2D eigenvalue weighted by atomic mass is 79.9. The summed E-state index contributed by atoms with van der Waals surface area (Å²) >= 11 is 2.68. The average molecular weight is 165 g/mol. The fourth-order valence-corrected chi connectivity index (χ4v) is 0.401. The molecule has 0 amide bonds. The Labute approximate surface area is 50.0 Å². The monoisotopic (exact) mass is 164 g/mol. The number of hydrogen-bond acceptors (Lipinski definition) is 2. The van der Waals surface area contributed by atoms with Crippen LogP contribution in [0.5, 0.6) is 0 Å². The van der Waals surface area contributed by atoms with Gasteiger partial charge in [-0.2, -0.15) is 0 Å². The molecule has 0 unspecified atom stereocenters. The average Bonchev–Trinajstić information content (AvgIpc) is 1.61. The lowest BCUT2D eigenvalue weighted by Gasteiger charge is -1.78. The van der Waals surface area contributed by atoms with Crippen LogP contribution in [0.4, 0.5) is 0 Å². The first-order valence-corrected chi connectivity index (χ1v) is 2.68. The fourth-order valence-electron chi connectivity index (χ4n) is 0.172. The van der Waals surface area contributed by atoms with Crippen LogP contribution in [0, 0.1) is 0 Å². The molecule has 0 bridgehead atoms. The first kappa shape index (κ1) is 6.82. The summed E-state index contributed by atoms with van der Waals surface area (Å²) < 4.78 is -0.111. The summed E-state index contributed by atoms with van der Waals surface area (Å²) in [6.45, 7) is 0. The highest BCUT2D eigenvalue weighted by Crippen LogP contribution is 1.92. The lowest BCUT2D eigenvalue weighted by molar-refractivity contribution is -0.113. The summed E-state index contributed by atoms with van der Waals surface area (Å²) in [6, 6.07) is 0. The van der Waals surface area contributed by atoms with Gasteiger partial charge in [0.05, 0.1) is 0 Å². The van der Waals surface area contributed by atoms with E-state index in [0.717, 1.165) is 6.29 Å². The second kappa shape index (κ2) is 3.99. The van der Waals surface area contributed by atoms with E-state index < -0.39 is 0 Å². The van der Waals surface area contributed by atoms with Crippen molar-refractivity contribution in [3.05, 3.63) is 0 Å². The number of carbonyl (C=O) groups excluding carboxylic acids is 2. The molecule has 0 aromatic heterocycles. The van der Waals surface area contributed by atoms with Gasteiger partial charge in [0.15, 0.2) is 4.69 Å². The zero-order valence-electron chi connectivity index (χ0n) is 3.69. The molecule has 0 rings (SSSR count). The van der Waals surface area contributed by atoms with Gasteiger partial charge >= 0.3 is 0 Å². The van der Waals surface area contributed by atoms with Gasteiger partial charge in [0.25, 0.3) is 0 Å². The third-order valence-electron chi connectivity index (χ3n) is 0.459. The first-order chi connectivity index (χ1) is 3.27. The minimum absolute atomic E-state index is 0.111. The summed E-state index contributed by atoms with van der Waals surface area (Å²) in [4.78, 5) is 19.5. The van der Waals surface area contributed by atoms with Crippen molar-refractivity contribution >= 4 is 26.9 Å². The second-order valence-electron chi connectivity index (χ2n) is 1.06. The van der Waals surface area contributed by atoms with E-state index in [-0.39, 0.29) is 4.69 Å². The molecule has 0 aliphatic heterocycles. The van der Waals surface area contributed by atoms with Gasteiger partial charge in [-0.3, -0.25) is 4.79 Å². The maximum atomic E-state index is 9.96. The molecule has 0 fully saturated rings. The van der Waals surface area contributed by atoms with Crippen molar-refractivity contribution in [2.45, 2.75) is 12.8 Å². The van der Waals surface area contributed by atoms with Crippen molar-refractivity contribution in [1.29, 1.82) is 0 Å². The zero-order chi connectivity index (χ0) is 5.70. The minimum Gasteiger partial charge on any atom is -0.303 e. The van der Waals surface area contributed by atoms with Gasteiger partial charge in [-0.05, 0) is 15.9 Å². The lowest BCUT2D eigenvalue weighted by Crippen LogP contribution is -1.83. The van der Waals surface area contributed by atoms with E-state index in [1.54, 1.807) is 0 Å². The van der Waals surface area contributed by atoms with Gasteiger partial charge in [0, 0.05) is 12.8 Å². The molecule has 7 heavy (non-hydrogen) atoms. The Morgan fingerprint density at radius 3 is 2.43 bits per heavy atom. The highest BCUT2D eigenvalue weighted by molar-refractivity contribution is 9.18. The molecular formula is C4H5BrO2. The normalized spacial score (nSPS) is 8.14. The molecule has 3 heteroatoms. The zero-order valence-corrected chi connectivity index (χ0v) is 5.27. The Morgan fingerprint density at radius 2 is 2.29 bits per heavy atom. The molecule has 0 atom stereocenters. The summed E-state index contributed by atoms with van der Waals surface area (Å²) in [6.07, 6.45) is 1.35. The van der Waals surface area contributed by atoms with Crippen molar-refractivity contribution in [2.24, 2.45) is 0 Å². The number of rotatable bonds is 3. The summed E-state index contributed by atoms with van der Waals surface area (Å²) in [7, 11) is 0. The summed E-state index contributed by atoms with van der Waals surface area (Å²) in [5, 5.41) is 0. The number of hydrogen-bond donors (Lipinski definition) is 0. The van der Waals surface area contributed by atoms with Crippen LogP contribution >= 0.6 is 15.9 Å². The second-order valence-corrected chi connectivity index (χ2v) is 1.94. The van der Waals surface area contributed by atoms with Crippen molar-refractivity contribution in [3.8, 4) is 0 Å². The summed E-state index contributed by atoms with van der Waals surface area (Å²) in [5.41, 5.74) is 0. The Balaban J connectivity index is 2.97. The Kier molecular flexibility index (Phi) is 3.89. The number of halogens is 1. The number of aldehydes is 1. The predicted molar refractivity (Wildman–Crippen MR) is 29.2 cm³/mol. The third kappa shape index (κ3) is 5.82. The molecule has 0 heterocycles. The van der Waals surface area contributed by atoms with Crippen molar-refractivity contribution in [2.75, 3.05) is 0 Å². The molecule has 0 aliphatic rings. The fraction of sp³-hybridized carbons (Fsp3) is 0.500. The van der Waals surface area contributed by atoms with Crippen LogP contribution in [0.2, 0.25) is 0 Å². The molecule has 0 aromatic rings. The quantitative estimate of drug-likeness (QED) is 0.459. The Bertz CT molecular complexity index is 79.8. The maximum Gasteiger partial charge on any atom is 0.198 e. The SMILES string of the molecule is O=CCCC(=O)Br. The van der Waals surface area contributed by atoms with Crippen LogP contribution in [-0.2, 0) is 9.59 Å². The number of carbonyl (C=O) groups is 2. The Morgan fingerprint density at radius 1 is 1.71 bits per heavy atom. The lowest BCUT2D eigenvalue weighted by atomic mass is 10.4. The van der Waals surface area contributed by atoms with E-state index in [1.807, 2.05) is 0 Å². The molecule has 0 saturated carbocycles. The molecule has 0 aliphatic carbocycles. The van der Waals surface area contributed by atoms with Gasteiger partial charge < -0.3 is 4.79 Å². The van der Waals surface area contributed by atoms with Crippen molar-refractivity contribution < 1.29 is 9.59 Å². The van der Waals surface area contributed by atoms with E-state index in [2.05, 4.69) is 15.9 Å². The van der Waals surface area contributed by atoms with Gasteiger partial charge in [-0.25, -0.2) is 0 Å². The predicted octanol–water partition coefficient (Wildman–Crippen LogP) is 0.887.